The molecule has 1 aliphatic heterocycles. The summed E-state index contributed by atoms with van der Waals surface area (Å²) in [6.45, 7) is 9.28. The highest BCUT2D eigenvalue weighted by atomic mass is 127. The molecule has 1 N–H and O–H groups in total. The second-order valence-corrected chi connectivity index (χ2v) is 6.76. The number of hydrogen-bond acceptors (Lipinski definition) is 4. The van der Waals surface area contributed by atoms with Gasteiger partial charge in [0.15, 0.2) is 17.5 Å². The summed E-state index contributed by atoms with van der Waals surface area (Å²) >= 11 is 0. The van der Waals surface area contributed by atoms with Crippen LogP contribution in [-0.2, 0) is 11.2 Å². The minimum Gasteiger partial charge on any atom is -0.493 e. The molecule has 1 aromatic carbocycles. The van der Waals surface area contributed by atoms with Crippen molar-refractivity contribution in [3.8, 4) is 11.5 Å². The van der Waals surface area contributed by atoms with Crippen LogP contribution < -0.4 is 14.8 Å². The van der Waals surface area contributed by atoms with Crippen molar-refractivity contribution in [3.05, 3.63) is 23.8 Å². The van der Waals surface area contributed by atoms with Crippen molar-refractivity contribution < 1.29 is 14.2 Å². The van der Waals surface area contributed by atoms with Gasteiger partial charge in [-0.1, -0.05) is 6.07 Å². The van der Waals surface area contributed by atoms with Gasteiger partial charge in [0.2, 0.25) is 0 Å². The quantitative estimate of drug-likeness (QED) is 0.228. The summed E-state index contributed by atoms with van der Waals surface area (Å²) in [5.74, 6) is 3.21. The van der Waals surface area contributed by atoms with Crippen molar-refractivity contribution in [2.75, 3.05) is 53.6 Å². The van der Waals surface area contributed by atoms with E-state index in [0.29, 0.717) is 12.5 Å². The summed E-state index contributed by atoms with van der Waals surface area (Å²) in [4.78, 5) is 6.78. The number of rotatable bonds is 10. The molecule has 1 unspecified atom stereocenters. The first kappa shape index (κ1) is 24.8. The maximum Gasteiger partial charge on any atom is 0.193 e. The molecule has 0 aliphatic carbocycles. The lowest BCUT2D eigenvalue weighted by atomic mass is 10.1. The van der Waals surface area contributed by atoms with Gasteiger partial charge in [-0.2, -0.15) is 0 Å². The third-order valence-electron chi connectivity index (χ3n) is 4.81. The SMILES string of the molecule is CCOCC1CCN(C(=NC)NCCCc2ccc(OC)c(OCC)c2)C1.I. The predicted molar refractivity (Wildman–Crippen MR) is 125 cm³/mol. The van der Waals surface area contributed by atoms with Crippen LogP contribution in [0, 0.1) is 5.92 Å². The van der Waals surface area contributed by atoms with Gasteiger partial charge in [0.1, 0.15) is 0 Å². The molecule has 1 fully saturated rings. The zero-order valence-corrected chi connectivity index (χ0v) is 20.0. The number of methoxy groups -OCH3 is 1. The number of aryl methyl sites for hydroxylation is 1. The molecular formula is C21H36IN3O3. The predicted octanol–water partition coefficient (Wildman–Crippen LogP) is 3.58. The van der Waals surface area contributed by atoms with E-state index in [1.807, 2.05) is 27.0 Å². The number of likely N-dealkylation sites (tertiary alicyclic amines) is 1. The molecule has 1 saturated heterocycles. The third-order valence-corrected chi connectivity index (χ3v) is 4.81. The van der Waals surface area contributed by atoms with Crippen molar-refractivity contribution in [3.63, 3.8) is 0 Å². The Morgan fingerprint density at radius 1 is 1.25 bits per heavy atom. The van der Waals surface area contributed by atoms with Gasteiger partial charge in [0, 0.05) is 39.2 Å². The van der Waals surface area contributed by atoms with Crippen LogP contribution in [0.15, 0.2) is 23.2 Å². The van der Waals surface area contributed by atoms with Crippen LogP contribution in [0.3, 0.4) is 0 Å². The Balaban J connectivity index is 0.00000392. The Labute approximate surface area is 187 Å². The standard InChI is InChI=1S/C21H35N3O3.HI/c1-5-26-16-18-11-13-24(15-18)21(22-3)23-12-7-8-17-9-10-19(25-4)20(14-17)27-6-2;/h9-10,14,18H,5-8,11-13,15-16H2,1-4H3,(H,22,23);1H. The first-order valence-electron chi connectivity index (χ1n) is 10.0. The Hall–Kier alpha value is -1.22. The molecule has 1 aliphatic rings. The maximum absolute atomic E-state index is 5.66. The van der Waals surface area contributed by atoms with E-state index in [1.54, 1.807) is 7.11 Å². The van der Waals surface area contributed by atoms with Crippen molar-refractivity contribution in [1.82, 2.24) is 10.2 Å². The Bertz CT molecular complexity index is 598. The molecule has 28 heavy (non-hydrogen) atoms. The van der Waals surface area contributed by atoms with Gasteiger partial charge in [-0.3, -0.25) is 4.99 Å². The second-order valence-electron chi connectivity index (χ2n) is 6.76. The van der Waals surface area contributed by atoms with E-state index in [1.165, 1.54) is 12.0 Å². The molecule has 1 atom stereocenters. The van der Waals surface area contributed by atoms with Crippen LogP contribution >= 0.6 is 24.0 Å². The summed E-state index contributed by atoms with van der Waals surface area (Å²) in [5, 5.41) is 3.50. The highest BCUT2D eigenvalue weighted by molar-refractivity contribution is 14.0. The van der Waals surface area contributed by atoms with E-state index in [4.69, 9.17) is 14.2 Å². The number of halogens is 1. The van der Waals surface area contributed by atoms with E-state index >= 15 is 0 Å². The number of nitrogens with one attached hydrogen (secondary N) is 1. The average Bonchev–Trinajstić information content (AvgIpc) is 3.15. The molecule has 0 saturated carbocycles. The van der Waals surface area contributed by atoms with Gasteiger partial charge in [-0.25, -0.2) is 0 Å². The minimum absolute atomic E-state index is 0. The van der Waals surface area contributed by atoms with Crippen LogP contribution in [0.1, 0.15) is 32.3 Å². The summed E-state index contributed by atoms with van der Waals surface area (Å²) in [7, 11) is 3.53. The molecule has 2 rings (SSSR count). The summed E-state index contributed by atoms with van der Waals surface area (Å²) in [6.07, 6.45) is 3.20. The first-order chi connectivity index (χ1) is 13.2. The number of hydrogen-bond donors (Lipinski definition) is 1. The normalized spacial score (nSPS) is 16.6. The summed E-state index contributed by atoms with van der Waals surface area (Å²) in [6, 6.07) is 6.17. The number of nitrogens with zero attached hydrogens (tertiary/aromatic N) is 2. The summed E-state index contributed by atoms with van der Waals surface area (Å²) < 4.78 is 16.6. The lowest BCUT2D eigenvalue weighted by molar-refractivity contribution is 0.114. The molecule has 0 aromatic heterocycles. The van der Waals surface area contributed by atoms with Gasteiger partial charge in [-0.15, -0.1) is 24.0 Å². The van der Waals surface area contributed by atoms with Crippen LogP contribution in [0.4, 0.5) is 0 Å². The Morgan fingerprint density at radius 2 is 2.07 bits per heavy atom. The van der Waals surface area contributed by atoms with Crippen LogP contribution in [0.25, 0.3) is 0 Å². The average molecular weight is 505 g/mol. The van der Waals surface area contributed by atoms with Gasteiger partial charge in [0.25, 0.3) is 0 Å². The van der Waals surface area contributed by atoms with Gasteiger partial charge in [-0.05, 0) is 50.8 Å². The second kappa shape index (κ2) is 13.9. The minimum atomic E-state index is 0. The lowest BCUT2D eigenvalue weighted by Gasteiger charge is -2.21. The van der Waals surface area contributed by atoms with Crippen molar-refractivity contribution in [2.24, 2.45) is 10.9 Å². The summed E-state index contributed by atoms with van der Waals surface area (Å²) in [5.41, 5.74) is 1.26. The van der Waals surface area contributed by atoms with E-state index in [0.717, 1.165) is 63.1 Å². The number of ether oxygens (including phenoxy) is 3. The van der Waals surface area contributed by atoms with E-state index < -0.39 is 0 Å². The number of aliphatic imine (C=N–C) groups is 1. The van der Waals surface area contributed by atoms with Gasteiger partial charge < -0.3 is 24.4 Å². The number of guanidine groups is 1. The fourth-order valence-corrected chi connectivity index (χ4v) is 3.42. The molecule has 0 spiro atoms. The first-order valence-corrected chi connectivity index (χ1v) is 10.0. The van der Waals surface area contributed by atoms with E-state index in [9.17, 15) is 0 Å². The molecule has 160 valence electrons. The van der Waals surface area contributed by atoms with Gasteiger partial charge >= 0.3 is 0 Å². The topological polar surface area (TPSA) is 55.3 Å². The maximum atomic E-state index is 5.66. The van der Waals surface area contributed by atoms with Crippen LogP contribution in [-0.4, -0.2) is 64.5 Å². The van der Waals surface area contributed by atoms with E-state index in [2.05, 4.69) is 27.3 Å². The Kier molecular flexibility index (Phi) is 12.3. The van der Waals surface area contributed by atoms with Crippen molar-refractivity contribution >= 4 is 29.9 Å². The van der Waals surface area contributed by atoms with Gasteiger partial charge in [0.05, 0.1) is 20.3 Å². The molecule has 1 heterocycles. The molecule has 0 bridgehead atoms. The highest BCUT2D eigenvalue weighted by Crippen LogP contribution is 2.28. The van der Waals surface area contributed by atoms with Crippen LogP contribution in [0.5, 0.6) is 11.5 Å². The highest BCUT2D eigenvalue weighted by Gasteiger charge is 2.24. The smallest absolute Gasteiger partial charge is 0.193 e. The molecule has 0 amide bonds. The molecule has 1 aromatic rings. The third kappa shape index (κ3) is 7.66. The zero-order valence-electron chi connectivity index (χ0n) is 17.7. The van der Waals surface area contributed by atoms with Crippen molar-refractivity contribution in [2.45, 2.75) is 33.1 Å². The lowest BCUT2D eigenvalue weighted by Crippen LogP contribution is -2.40. The monoisotopic (exact) mass is 505 g/mol. The fraction of sp³-hybridized carbons (Fsp3) is 0.667. The van der Waals surface area contributed by atoms with E-state index in [-0.39, 0.29) is 24.0 Å². The van der Waals surface area contributed by atoms with Crippen molar-refractivity contribution in [1.29, 1.82) is 0 Å². The Morgan fingerprint density at radius 3 is 2.75 bits per heavy atom. The molecule has 7 heteroatoms. The number of benzene rings is 1. The molecular weight excluding hydrogens is 469 g/mol. The molecule has 6 nitrogen and oxygen atoms in total. The fourth-order valence-electron chi connectivity index (χ4n) is 3.42. The largest absolute Gasteiger partial charge is 0.493 e. The zero-order chi connectivity index (χ0) is 19.5. The molecule has 0 radical (unpaired) electrons. The van der Waals surface area contributed by atoms with Crippen LogP contribution in [0.2, 0.25) is 0 Å².